The summed E-state index contributed by atoms with van der Waals surface area (Å²) in [6, 6.07) is 12.5. The van der Waals surface area contributed by atoms with E-state index in [1.54, 1.807) is 0 Å². The molecular weight excluding hydrogens is 232 g/mol. The van der Waals surface area contributed by atoms with Crippen molar-refractivity contribution in [3.05, 3.63) is 66.5 Å². The Hall–Kier alpha value is -2.28. The van der Waals surface area contributed by atoms with Crippen molar-refractivity contribution < 1.29 is 4.42 Å². The largest absolute Gasteiger partial charge is 0.464 e. The standard InChI is InChI=1S/C18H16O/c1-2-3-4-5-9-15-13-19-17-12-11-14-8-6-7-10-16(14)18(15)17/h3-13H,2H2,1H3. The summed E-state index contributed by atoms with van der Waals surface area (Å²) in [7, 11) is 0. The van der Waals surface area contributed by atoms with E-state index in [0.29, 0.717) is 0 Å². The molecule has 0 fully saturated rings. The highest BCUT2D eigenvalue weighted by Crippen LogP contribution is 2.30. The molecule has 0 atom stereocenters. The molecule has 1 nitrogen and oxygen atoms in total. The van der Waals surface area contributed by atoms with Gasteiger partial charge in [0.25, 0.3) is 0 Å². The molecule has 1 heteroatoms. The van der Waals surface area contributed by atoms with Gasteiger partial charge in [-0.15, -0.1) is 0 Å². The molecule has 1 aromatic heterocycles. The van der Waals surface area contributed by atoms with E-state index >= 15 is 0 Å². The molecular formula is C18H16O. The first-order chi connectivity index (χ1) is 9.40. The van der Waals surface area contributed by atoms with E-state index in [4.69, 9.17) is 4.42 Å². The maximum atomic E-state index is 5.64. The van der Waals surface area contributed by atoms with Crippen molar-refractivity contribution in [1.82, 2.24) is 0 Å². The summed E-state index contributed by atoms with van der Waals surface area (Å²) < 4.78 is 5.64. The van der Waals surface area contributed by atoms with Crippen molar-refractivity contribution in [2.24, 2.45) is 0 Å². The zero-order chi connectivity index (χ0) is 13.1. The lowest BCUT2D eigenvalue weighted by Gasteiger charge is -1.99. The van der Waals surface area contributed by atoms with Crippen molar-refractivity contribution in [2.45, 2.75) is 13.3 Å². The summed E-state index contributed by atoms with van der Waals surface area (Å²) in [5.74, 6) is 0. The summed E-state index contributed by atoms with van der Waals surface area (Å²) in [6.07, 6.45) is 11.3. The van der Waals surface area contributed by atoms with Crippen LogP contribution in [0.4, 0.5) is 0 Å². The molecule has 2 aromatic carbocycles. The third-order valence-electron chi connectivity index (χ3n) is 3.25. The van der Waals surface area contributed by atoms with Gasteiger partial charge < -0.3 is 4.42 Å². The minimum Gasteiger partial charge on any atom is -0.464 e. The number of furan rings is 1. The molecule has 0 spiro atoms. The molecule has 94 valence electrons. The number of fused-ring (bicyclic) bond motifs is 3. The second-order valence-electron chi connectivity index (χ2n) is 4.55. The maximum Gasteiger partial charge on any atom is 0.135 e. The van der Waals surface area contributed by atoms with Crippen LogP contribution in [0, 0.1) is 0 Å². The van der Waals surface area contributed by atoms with E-state index in [2.05, 4.69) is 61.6 Å². The third kappa shape index (κ3) is 2.19. The highest BCUT2D eigenvalue weighted by atomic mass is 16.3. The second kappa shape index (κ2) is 5.15. The predicted molar refractivity (Wildman–Crippen MR) is 82.2 cm³/mol. The van der Waals surface area contributed by atoms with Gasteiger partial charge in [-0.1, -0.05) is 61.6 Å². The Morgan fingerprint density at radius 1 is 1.05 bits per heavy atom. The third-order valence-corrected chi connectivity index (χ3v) is 3.25. The Kier molecular flexibility index (Phi) is 3.20. The van der Waals surface area contributed by atoms with Crippen LogP contribution in [0.5, 0.6) is 0 Å². The molecule has 0 radical (unpaired) electrons. The zero-order valence-electron chi connectivity index (χ0n) is 11.0. The van der Waals surface area contributed by atoms with E-state index < -0.39 is 0 Å². The minimum atomic E-state index is 0.942. The molecule has 0 saturated carbocycles. The van der Waals surface area contributed by atoms with Crippen LogP contribution in [-0.4, -0.2) is 0 Å². The number of benzene rings is 2. The van der Waals surface area contributed by atoms with Crippen molar-refractivity contribution in [3.8, 4) is 0 Å². The number of hydrogen-bond acceptors (Lipinski definition) is 1. The Morgan fingerprint density at radius 3 is 2.84 bits per heavy atom. The van der Waals surface area contributed by atoms with Crippen LogP contribution in [0.2, 0.25) is 0 Å². The van der Waals surface area contributed by atoms with Crippen LogP contribution >= 0.6 is 0 Å². The molecule has 0 aliphatic carbocycles. The highest BCUT2D eigenvalue weighted by Gasteiger charge is 2.06. The molecule has 0 saturated heterocycles. The van der Waals surface area contributed by atoms with Gasteiger partial charge in [0.1, 0.15) is 5.58 Å². The normalized spacial score (nSPS) is 12.3. The van der Waals surface area contributed by atoms with E-state index in [9.17, 15) is 0 Å². The molecule has 3 rings (SSSR count). The fraction of sp³-hybridized carbons (Fsp3) is 0.111. The molecule has 0 bridgehead atoms. The monoisotopic (exact) mass is 248 g/mol. The average molecular weight is 248 g/mol. The Balaban J connectivity index is 2.17. The Morgan fingerprint density at radius 2 is 1.95 bits per heavy atom. The lowest BCUT2D eigenvalue weighted by Crippen LogP contribution is -1.75. The molecule has 0 unspecified atom stereocenters. The number of rotatable bonds is 3. The molecule has 3 aromatic rings. The van der Waals surface area contributed by atoms with E-state index in [1.807, 2.05) is 12.3 Å². The van der Waals surface area contributed by atoms with Crippen LogP contribution in [0.25, 0.3) is 27.8 Å². The second-order valence-corrected chi connectivity index (χ2v) is 4.55. The first kappa shape index (κ1) is 11.8. The topological polar surface area (TPSA) is 13.1 Å². The molecule has 0 aliphatic rings. The van der Waals surface area contributed by atoms with E-state index in [-0.39, 0.29) is 0 Å². The fourth-order valence-corrected chi connectivity index (χ4v) is 2.33. The van der Waals surface area contributed by atoms with Crippen molar-refractivity contribution in [2.75, 3.05) is 0 Å². The van der Waals surface area contributed by atoms with Crippen molar-refractivity contribution in [3.63, 3.8) is 0 Å². The van der Waals surface area contributed by atoms with Crippen molar-refractivity contribution in [1.29, 1.82) is 0 Å². The Labute approximate surface area is 112 Å². The number of hydrogen-bond donors (Lipinski definition) is 0. The Bertz CT molecular complexity index is 760. The summed E-state index contributed by atoms with van der Waals surface area (Å²) in [5.41, 5.74) is 2.07. The highest BCUT2D eigenvalue weighted by molar-refractivity contribution is 6.09. The average Bonchev–Trinajstić information content (AvgIpc) is 2.87. The molecule has 19 heavy (non-hydrogen) atoms. The van der Waals surface area contributed by atoms with Crippen LogP contribution in [0.15, 0.2) is 65.3 Å². The van der Waals surface area contributed by atoms with Gasteiger partial charge in [-0.25, -0.2) is 0 Å². The van der Waals surface area contributed by atoms with Gasteiger partial charge in [-0.2, -0.15) is 0 Å². The fourth-order valence-electron chi connectivity index (χ4n) is 2.33. The van der Waals surface area contributed by atoms with Gasteiger partial charge >= 0.3 is 0 Å². The van der Waals surface area contributed by atoms with Gasteiger partial charge in [0.2, 0.25) is 0 Å². The van der Waals surface area contributed by atoms with Crippen LogP contribution in [-0.2, 0) is 0 Å². The molecule has 1 heterocycles. The summed E-state index contributed by atoms with van der Waals surface area (Å²) >= 11 is 0. The van der Waals surface area contributed by atoms with E-state index in [0.717, 1.165) is 17.6 Å². The predicted octanol–water partition coefficient (Wildman–Crippen LogP) is 5.57. The van der Waals surface area contributed by atoms with Gasteiger partial charge in [0.15, 0.2) is 0 Å². The molecule has 0 aliphatic heterocycles. The zero-order valence-corrected chi connectivity index (χ0v) is 11.0. The van der Waals surface area contributed by atoms with Gasteiger partial charge in [0, 0.05) is 10.9 Å². The smallest absolute Gasteiger partial charge is 0.135 e. The quantitative estimate of drug-likeness (QED) is 0.552. The first-order valence-electron chi connectivity index (χ1n) is 6.62. The van der Waals surface area contributed by atoms with Crippen LogP contribution < -0.4 is 0 Å². The summed E-state index contributed by atoms with van der Waals surface area (Å²) in [4.78, 5) is 0. The van der Waals surface area contributed by atoms with Crippen molar-refractivity contribution >= 4 is 27.8 Å². The first-order valence-corrected chi connectivity index (χ1v) is 6.62. The maximum absolute atomic E-state index is 5.64. The minimum absolute atomic E-state index is 0.942. The SMILES string of the molecule is CCC=CC=Cc1coc2ccc3ccccc3c12. The van der Waals surface area contributed by atoms with Gasteiger partial charge in [0.05, 0.1) is 6.26 Å². The van der Waals surface area contributed by atoms with Gasteiger partial charge in [-0.3, -0.25) is 0 Å². The lowest BCUT2D eigenvalue weighted by atomic mass is 10.0. The van der Waals surface area contributed by atoms with E-state index in [1.165, 1.54) is 16.2 Å². The summed E-state index contributed by atoms with van der Waals surface area (Å²) in [6.45, 7) is 2.13. The van der Waals surface area contributed by atoms with Gasteiger partial charge in [-0.05, 0) is 23.3 Å². The molecule has 0 amide bonds. The lowest BCUT2D eigenvalue weighted by molar-refractivity contribution is 0.615. The number of allylic oxidation sites excluding steroid dienone is 3. The van der Waals surface area contributed by atoms with Crippen LogP contribution in [0.3, 0.4) is 0 Å². The summed E-state index contributed by atoms with van der Waals surface area (Å²) in [5, 5.41) is 3.68. The van der Waals surface area contributed by atoms with Crippen LogP contribution in [0.1, 0.15) is 18.9 Å². The molecule has 0 N–H and O–H groups in total.